The molecule has 0 fully saturated rings. The molecule has 1 aromatic carbocycles. The molecule has 0 aliphatic heterocycles. The van der Waals surface area contributed by atoms with E-state index in [9.17, 15) is 4.79 Å². The highest BCUT2D eigenvalue weighted by Gasteiger charge is 2.12. The predicted octanol–water partition coefficient (Wildman–Crippen LogP) is 2.53. The Labute approximate surface area is 141 Å². The number of nitrogens with zero attached hydrogens (tertiary/aromatic N) is 3. The molecule has 0 spiro atoms. The number of carbonyl (C=O) groups is 1. The number of fused-ring (bicyclic) bond motifs is 1. The number of benzene rings is 1. The molecule has 2 aromatic heterocycles. The van der Waals surface area contributed by atoms with E-state index in [2.05, 4.69) is 39.4 Å². The predicted molar refractivity (Wildman–Crippen MR) is 94.7 cm³/mol. The minimum Gasteiger partial charge on any atom is -0.346 e. The van der Waals surface area contributed by atoms with Crippen molar-refractivity contribution in [2.75, 3.05) is 0 Å². The monoisotopic (exact) mass is 325 g/mol. The summed E-state index contributed by atoms with van der Waals surface area (Å²) in [6, 6.07) is 10.1. The van der Waals surface area contributed by atoms with Crippen LogP contribution in [0.25, 0.3) is 10.9 Å². The van der Waals surface area contributed by atoms with Crippen LogP contribution in [0.1, 0.15) is 22.6 Å². The summed E-state index contributed by atoms with van der Waals surface area (Å²) < 4.78 is 3.92. The molecule has 0 atom stereocenters. The largest absolute Gasteiger partial charge is 0.346 e. The first-order valence-electron chi connectivity index (χ1n) is 8.01. The van der Waals surface area contributed by atoms with Crippen LogP contribution in [0.5, 0.6) is 0 Å². The zero-order chi connectivity index (χ0) is 17.3. The lowest BCUT2D eigenvalue weighted by Gasteiger charge is -2.10. The van der Waals surface area contributed by atoms with Crippen LogP contribution in [0, 0.1) is 13.8 Å². The Balaban J connectivity index is 1.63. The van der Waals surface area contributed by atoms with Gasteiger partial charge in [-0.05, 0) is 31.5 Å². The molecule has 0 radical (unpaired) electrons. The van der Waals surface area contributed by atoms with Gasteiger partial charge in [0.05, 0.1) is 24.5 Å². The van der Waals surface area contributed by atoms with Crippen molar-refractivity contribution in [3.8, 4) is 0 Å². The van der Waals surface area contributed by atoms with Gasteiger partial charge in [0.25, 0.3) is 0 Å². The zero-order valence-electron chi connectivity index (χ0n) is 14.6. The second kappa shape index (κ2) is 6.39. The van der Waals surface area contributed by atoms with Crippen LogP contribution >= 0.6 is 0 Å². The van der Waals surface area contributed by atoms with Gasteiger partial charge in [0.15, 0.2) is 0 Å². The Morgan fingerprint density at radius 2 is 1.83 bits per heavy atom. The molecule has 0 aliphatic carbocycles. The molecule has 2 N–H and O–H groups in total. The smallest absolute Gasteiger partial charge is 0.315 e. The number of carbonyl (C=O) groups excluding carboxylic acids is 1. The third kappa shape index (κ3) is 2.99. The Morgan fingerprint density at radius 1 is 1.12 bits per heavy atom. The van der Waals surface area contributed by atoms with Crippen molar-refractivity contribution in [1.82, 2.24) is 25.0 Å². The normalized spacial score (nSPS) is 11.0. The van der Waals surface area contributed by atoms with Gasteiger partial charge in [-0.3, -0.25) is 4.68 Å². The van der Waals surface area contributed by atoms with Gasteiger partial charge in [0.1, 0.15) is 0 Å². The number of urea groups is 1. The van der Waals surface area contributed by atoms with Crippen LogP contribution in [-0.4, -0.2) is 20.4 Å². The molecule has 126 valence electrons. The van der Waals surface area contributed by atoms with E-state index >= 15 is 0 Å². The molecule has 3 rings (SSSR count). The third-order valence-corrected chi connectivity index (χ3v) is 4.45. The van der Waals surface area contributed by atoms with Crippen LogP contribution in [-0.2, 0) is 27.2 Å². The van der Waals surface area contributed by atoms with Crippen molar-refractivity contribution in [2.45, 2.75) is 26.9 Å². The fourth-order valence-corrected chi connectivity index (χ4v) is 3.11. The molecule has 6 nitrogen and oxygen atoms in total. The van der Waals surface area contributed by atoms with Gasteiger partial charge in [-0.1, -0.05) is 18.2 Å². The number of hydrogen-bond acceptors (Lipinski definition) is 2. The van der Waals surface area contributed by atoms with E-state index in [1.807, 2.05) is 39.2 Å². The Kier molecular flexibility index (Phi) is 4.29. The number of aromatic nitrogens is 3. The van der Waals surface area contributed by atoms with Gasteiger partial charge < -0.3 is 15.2 Å². The Bertz CT molecular complexity index is 851. The molecule has 2 amide bonds. The summed E-state index contributed by atoms with van der Waals surface area (Å²) in [6.07, 6.45) is 0. The van der Waals surface area contributed by atoms with E-state index in [0.29, 0.717) is 13.1 Å². The maximum Gasteiger partial charge on any atom is 0.315 e. The van der Waals surface area contributed by atoms with E-state index < -0.39 is 0 Å². The lowest BCUT2D eigenvalue weighted by atomic mass is 10.1. The molecule has 3 aromatic rings. The third-order valence-electron chi connectivity index (χ3n) is 4.45. The highest BCUT2D eigenvalue weighted by molar-refractivity contribution is 5.85. The van der Waals surface area contributed by atoms with Crippen LogP contribution in [0.4, 0.5) is 4.79 Å². The first-order chi connectivity index (χ1) is 11.5. The molecule has 0 saturated carbocycles. The van der Waals surface area contributed by atoms with Crippen molar-refractivity contribution < 1.29 is 4.79 Å². The average molecular weight is 325 g/mol. The summed E-state index contributed by atoms with van der Waals surface area (Å²) in [5.74, 6) is 0. The molecule has 24 heavy (non-hydrogen) atoms. The van der Waals surface area contributed by atoms with Crippen molar-refractivity contribution in [3.63, 3.8) is 0 Å². The van der Waals surface area contributed by atoms with Crippen molar-refractivity contribution in [3.05, 3.63) is 53.0 Å². The summed E-state index contributed by atoms with van der Waals surface area (Å²) in [5, 5.41) is 11.3. The first kappa shape index (κ1) is 16.1. The maximum atomic E-state index is 12.1. The summed E-state index contributed by atoms with van der Waals surface area (Å²) in [6.45, 7) is 4.98. The van der Waals surface area contributed by atoms with Crippen LogP contribution in [0.2, 0.25) is 0 Å². The molecule has 0 saturated heterocycles. The maximum absolute atomic E-state index is 12.1. The number of nitrogens with one attached hydrogen (secondary N) is 2. The topological polar surface area (TPSA) is 63.9 Å². The number of hydrogen-bond donors (Lipinski definition) is 2. The van der Waals surface area contributed by atoms with E-state index in [1.54, 1.807) is 4.68 Å². The van der Waals surface area contributed by atoms with E-state index in [0.717, 1.165) is 17.1 Å². The highest BCUT2D eigenvalue weighted by Crippen LogP contribution is 2.24. The quantitative estimate of drug-likeness (QED) is 0.774. The molecular formula is C18H23N5O. The Morgan fingerprint density at radius 3 is 2.50 bits per heavy atom. The molecule has 2 heterocycles. The van der Waals surface area contributed by atoms with E-state index in [1.165, 1.54) is 16.5 Å². The van der Waals surface area contributed by atoms with Gasteiger partial charge >= 0.3 is 6.03 Å². The molecule has 0 aliphatic rings. The van der Waals surface area contributed by atoms with Gasteiger partial charge in [0.2, 0.25) is 0 Å². The zero-order valence-corrected chi connectivity index (χ0v) is 14.6. The average Bonchev–Trinajstić information content (AvgIpc) is 3.01. The lowest BCUT2D eigenvalue weighted by molar-refractivity contribution is 0.239. The molecular weight excluding hydrogens is 302 g/mol. The van der Waals surface area contributed by atoms with Crippen LogP contribution in [0.15, 0.2) is 30.3 Å². The molecule has 6 heteroatoms. The summed E-state index contributed by atoms with van der Waals surface area (Å²) in [7, 11) is 3.91. The second-order valence-corrected chi connectivity index (χ2v) is 6.08. The number of rotatable bonds is 4. The van der Waals surface area contributed by atoms with Gasteiger partial charge in [-0.2, -0.15) is 5.10 Å². The summed E-state index contributed by atoms with van der Waals surface area (Å²) >= 11 is 0. The van der Waals surface area contributed by atoms with Crippen molar-refractivity contribution >= 4 is 16.9 Å². The van der Waals surface area contributed by atoms with Crippen LogP contribution in [0.3, 0.4) is 0 Å². The fraction of sp³-hybridized carbons (Fsp3) is 0.333. The van der Waals surface area contributed by atoms with Gasteiger partial charge in [-0.25, -0.2) is 4.79 Å². The van der Waals surface area contributed by atoms with Gasteiger partial charge in [0, 0.05) is 30.7 Å². The highest BCUT2D eigenvalue weighted by atomic mass is 16.2. The minimum atomic E-state index is -0.182. The fourth-order valence-electron chi connectivity index (χ4n) is 3.11. The van der Waals surface area contributed by atoms with E-state index in [4.69, 9.17) is 0 Å². The second-order valence-electron chi connectivity index (χ2n) is 6.08. The summed E-state index contributed by atoms with van der Waals surface area (Å²) in [4.78, 5) is 12.1. The molecule has 0 unspecified atom stereocenters. The van der Waals surface area contributed by atoms with E-state index in [-0.39, 0.29) is 6.03 Å². The van der Waals surface area contributed by atoms with Gasteiger partial charge in [-0.15, -0.1) is 0 Å². The molecule has 0 bridgehead atoms. The summed E-state index contributed by atoms with van der Waals surface area (Å²) in [5.41, 5.74) is 5.42. The number of aryl methyl sites for hydroxylation is 4. The van der Waals surface area contributed by atoms with Crippen molar-refractivity contribution in [2.24, 2.45) is 14.1 Å². The first-order valence-corrected chi connectivity index (χ1v) is 8.01. The number of para-hydroxylation sites is 1. The number of amides is 2. The van der Waals surface area contributed by atoms with Crippen molar-refractivity contribution in [1.29, 1.82) is 0 Å². The SMILES string of the molecule is Cc1cc(CNC(=O)NCc2c(C)c3ccccc3n2C)n(C)n1. The van der Waals surface area contributed by atoms with Crippen LogP contribution < -0.4 is 10.6 Å². The minimum absolute atomic E-state index is 0.182. The lowest BCUT2D eigenvalue weighted by Crippen LogP contribution is -2.35. The Hall–Kier alpha value is -2.76. The standard InChI is InChI=1S/C18H23N5O/c1-12-9-14(23(4)21-12)10-19-18(24)20-11-17-13(2)15-7-5-6-8-16(15)22(17)3/h5-9H,10-11H2,1-4H3,(H2,19,20,24).